The number of rotatable bonds is 6. The Hall–Kier alpha value is -3.08. The van der Waals surface area contributed by atoms with Crippen LogP contribution in [0.5, 0.6) is 0 Å². The van der Waals surface area contributed by atoms with E-state index < -0.39 is 41.8 Å². The number of halogens is 6. The van der Waals surface area contributed by atoms with Gasteiger partial charge in [0.2, 0.25) is 11.8 Å². The number of amides is 2. The van der Waals surface area contributed by atoms with Crippen molar-refractivity contribution >= 4 is 11.8 Å². The Morgan fingerprint density at radius 1 is 0.865 bits per heavy atom. The van der Waals surface area contributed by atoms with E-state index in [0.29, 0.717) is 12.1 Å². The van der Waals surface area contributed by atoms with E-state index in [0.717, 1.165) is 37.4 Å². The van der Waals surface area contributed by atoms with E-state index in [2.05, 4.69) is 22.3 Å². The molecular weight excluding hydrogens is 500 g/mol. The van der Waals surface area contributed by atoms with Crippen LogP contribution < -0.4 is 5.32 Å². The van der Waals surface area contributed by atoms with Crippen LogP contribution in [0.25, 0.3) is 0 Å². The molecule has 2 aliphatic heterocycles. The lowest BCUT2D eigenvalue weighted by Gasteiger charge is -2.32. The third-order valence-corrected chi connectivity index (χ3v) is 6.79. The molecule has 1 atom stereocenters. The number of carbonyl (C=O) groups excluding carboxylic acids is 2. The molecule has 0 radical (unpaired) electrons. The fourth-order valence-corrected chi connectivity index (χ4v) is 4.83. The van der Waals surface area contributed by atoms with Crippen molar-refractivity contribution in [1.82, 2.24) is 15.1 Å². The summed E-state index contributed by atoms with van der Waals surface area (Å²) in [7, 11) is 0. The molecule has 200 valence electrons. The van der Waals surface area contributed by atoms with Gasteiger partial charge in [0, 0.05) is 45.2 Å². The van der Waals surface area contributed by atoms with Gasteiger partial charge in [-0.3, -0.25) is 14.5 Å². The fourth-order valence-electron chi connectivity index (χ4n) is 4.83. The second-order valence-corrected chi connectivity index (χ2v) is 9.63. The van der Waals surface area contributed by atoms with Crippen molar-refractivity contribution in [3.05, 3.63) is 70.8 Å². The summed E-state index contributed by atoms with van der Waals surface area (Å²) >= 11 is 0. The molecule has 0 spiro atoms. The first-order chi connectivity index (χ1) is 17.4. The summed E-state index contributed by atoms with van der Waals surface area (Å²) in [6, 6.07) is 11.3. The van der Waals surface area contributed by atoms with Crippen LogP contribution in [0.4, 0.5) is 26.3 Å². The fraction of sp³-hybridized carbons (Fsp3) is 0.462. The third-order valence-electron chi connectivity index (χ3n) is 6.79. The highest BCUT2D eigenvalue weighted by Gasteiger charge is 2.39. The average molecular weight is 528 g/mol. The average Bonchev–Trinajstić information content (AvgIpc) is 3.20. The minimum Gasteiger partial charge on any atom is -0.353 e. The molecule has 0 aliphatic carbocycles. The van der Waals surface area contributed by atoms with Crippen LogP contribution in [0.1, 0.15) is 41.5 Å². The predicted molar refractivity (Wildman–Crippen MR) is 123 cm³/mol. The Kier molecular flexibility index (Phi) is 7.82. The normalized spacial score (nSPS) is 19.9. The van der Waals surface area contributed by atoms with E-state index in [9.17, 15) is 35.9 Å². The van der Waals surface area contributed by atoms with E-state index in [4.69, 9.17) is 0 Å². The zero-order valence-corrected chi connectivity index (χ0v) is 19.9. The topological polar surface area (TPSA) is 52.7 Å². The zero-order chi connectivity index (χ0) is 26.8. The van der Waals surface area contributed by atoms with Crippen LogP contribution in [0, 0.1) is 5.92 Å². The molecule has 2 aromatic carbocycles. The van der Waals surface area contributed by atoms with Gasteiger partial charge in [-0.05, 0) is 42.2 Å². The van der Waals surface area contributed by atoms with Gasteiger partial charge in [-0.15, -0.1) is 0 Å². The first-order valence-corrected chi connectivity index (χ1v) is 12.0. The number of nitrogens with one attached hydrogen (secondary N) is 1. The quantitative estimate of drug-likeness (QED) is 0.547. The van der Waals surface area contributed by atoms with E-state index in [1.54, 1.807) is 0 Å². The van der Waals surface area contributed by atoms with Gasteiger partial charge in [-0.25, -0.2) is 0 Å². The zero-order valence-electron chi connectivity index (χ0n) is 19.9. The number of hydrogen-bond acceptors (Lipinski definition) is 3. The van der Waals surface area contributed by atoms with Gasteiger partial charge in [0.25, 0.3) is 0 Å². The second kappa shape index (κ2) is 10.7. The van der Waals surface area contributed by atoms with Crippen LogP contribution >= 0.6 is 0 Å². The highest BCUT2D eigenvalue weighted by Crippen LogP contribution is 2.37. The first kappa shape index (κ1) is 27.0. The summed E-state index contributed by atoms with van der Waals surface area (Å²) < 4.78 is 78.9. The maximum absolute atomic E-state index is 13.1. The standard InChI is InChI=1S/C26H27F6N3O2/c27-25(28,29)20-10-18(11-21(13-20)26(30,31)32)15-35-16-19(12-23(35)36)24(37)33-22-6-8-34(9-7-22)14-17-4-2-1-3-5-17/h1-5,10-11,13,19,22H,6-9,12,14-16H2,(H,33,37)/t19-/m0/s1. The van der Waals surface area contributed by atoms with Crippen molar-refractivity contribution in [2.24, 2.45) is 5.92 Å². The molecule has 2 aromatic rings. The second-order valence-electron chi connectivity index (χ2n) is 9.63. The van der Waals surface area contributed by atoms with E-state index >= 15 is 0 Å². The van der Waals surface area contributed by atoms with Gasteiger partial charge in [0.15, 0.2) is 0 Å². The largest absolute Gasteiger partial charge is 0.416 e. The molecule has 11 heteroatoms. The Balaban J connectivity index is 1.32. The Morgan fingerprint density at radius 2 is 1.46 bits per heavy atom. The van der Waals surface area contributed by atoms with Crippen LogP contribution in [0.15, 0.2) is 48.5 Å². The molecule has 2 heterocycles. The molecular formula is C26H27F6N3O2. The third kappa shape index (κ3) is 7.03. The number of alkyl halides is 6. The molecule has 0 aromatic heterocycles. The Bertz CT molecular complexity index is 1080. The number of hydrogen-bond donors (Lipinski definition) is 1. The summed E-state index contributed by atoms with van der Waals surface area (Å²) in [6.07, 6.45) is -8.58. The monoisotopic (exact) mass is 527 g/mol. The smallest absolute Gasteiger partial charge is 0.353 e. The van der Waals surface area contributed by atoms with Crippen molar-refractivity contribution in [2.75, 3.05) is 19.6 Å². The number of nitrogens with zero attached hydrogens (tertiary/aromatic N) is 2. The first-order valence-electron chi connectivity index (χ1n) is 12.0. The summed E-state index contributed by atoms with van der Waals surface area (Å²) in [5.74, 6) is -1.51. The predicted octanol–water partition coefficient (Wildman–Crippen LogP) is 4.85. The minimum absolute atomic E-state index is 0.0523. The summed E-state index contributed by atoms with van der Waals surface area (Å²) in [6.45, 7) is 1.92. The number of benzene rings is 2. The molecule has 2 aliphatic rings. The van der Waals surface area contributed by atoms with Gasteiger partial charge in [-0.2, -0.15) is 26.3 Å². The molecule has 37 heavy (non-hydrogen) atoms. The maximum Gasteiger partial charge on any atom is 0.416 e. The molecule has 2 amide bonds. The lowest BCUT2D eigenvalue weighted by atomic mass is 10.0. The molecule has 2 fully saturated rings. The Labute approximate surface area is 210 Å². The lowest BCUT2D eigenvalue weighted by molar-refractivity contribution is -0.143. The summed E-state index contributed by atoms with van der Waals surface area (Å²) in [4.78, 5) is 28.7. The molecule has 1 N–H and O–H groups in total. The van der Waals surface area contributed by atoms with Gasteiger partial charge in [0.1, 0.15) is 0 Å². The number of piperidine rings is 1. The maximum atomic E-state index is 13.1. The van der Waals surface area contributed by atoms with Crippen LogP contribution in [0.2, 0.25) is 0 Å². The van der Waals surface area contributed by atoms with E-state index in [-0.39, 0.29) is 36.5 Å². The van der Waals surface area contributed by atoms with Crippen LogP contribution in [-0.4, -0.2) is 47.3 Å². The molecule has 0 bridgehead atoms. The van der Waals surface area contributed by atoms with Gasteiger partial charge >= 0.3 is 12.4 Å². The molecule has 2 saturated heterocycles. The van der Waals surface area contributed by atoms with Crippen LogP contribution in [-0.2, 0) is 35.0 Å². The van der Waals surface area contributed by atoms with Crippen molar-refractivity contribution < 1.29 is 35.9 Å². The SMILES string of the molecule is O=C(NC1CCN(Cc2ccccc2)CC1)[C@H]1CC(=O)N(Cc2cc(C(F)(F)F)cc(C(F)(F)F)c2)C1. The van der Waals surface area contributed by atoms with Gasteiger partial charge in [-0.1, -0.05) is 30.3 Å². The van der Waals surface area contributed by atoms with Crippen molar-refractivity contribution in [3.63, 3.8) is 0 Å². The van der Waals surface area contributed by atoms with Gasteiger partial charge in [0.05, 0.1) is 17.0 Å². The van der Waals surface area contributed by atoms with Gasteiger partial charge < -0.3 is 10.2 Å². The van der Waals surface area contributed by atoms with Crippen molar-refractivity contribution in [3.8, 4) is 0 Å². The molecule has 0 saturated carbocycles. The van der Waals surface area contributed by atoms with Crippen molar-refractivity contribution in [1.29, 1.82) is 0 Å². The highest BCUT2D eigenvalue weighted by molar-refractivity contribution is 5.89. The highest BCUT2D eigenvalue weighted by atomic mass is 19.4. The summed E-state index contributed by atoms with van der Waals surface area (Å²) in [5.41, 5.74) is -1.95. The molecule has 0 unspecified atom stereocenters. The van der Waals surface area contributed by atoms with Crippen molar-refractivity contribution in [2.45, 2.75) is 50.7 Å². The van der Waals surface area contributed by atoms with E-state index in [1.807, 2.05) is 18.2 Å². The number of likely N-dealkylation sites (tertiary alicyclic amines) is 2. The number of carbonyl (C=O) groups is 2. The molecule has 4 rings (SSSR count). The van der Waals surface area contributed by atoms with Crippen LogP contribution in [0.3, 0.4) is 0 Å². The van der Waals surface area contributed by atoms with E-state index in [1.165, 1.54) is 5.56 Å². The Morgan fingerprint density at radius 3 is 2.03 bits per heavy atom. The lowest BCUT2D eigenvalue weighted by Crippen LogP contribution is -2.46. The summed E-state index contributed by atoms with van der Waals surface area (Å²) in [5, 5.41) is 2.97. The minimum atomic E-state index is -4.97. The molecule has 5 nitrogen and oxygen atoms in total.